The summed E-state index contributed by atoms with van der Waals surface area (Å²) in [5, 5.41) is 0. The van der Waals surface area contributed by atoms with Crippen LogP contribution in [0.5, 0.6) is 0 Å². The summed E-state index contributed by atoms with van der Waals surface area (Å²) < 4.78 is 0. The number of rotatable bonds is 2. The van der Waals surface area contributed by atoms with Crippen molar-refractivity contribution in [3.8, 4) is 11.5 Å². The van der Waals surface area contributed by atoms with Gasteiger partial charge in [0.2, 0.25) is 0 Å². The van der Waals surface area contributed by atoms with E-state index in [0.29, 0.717) is 48.0 Å². The van der Waals surface area contributed by atoms with Crippen molar-refractivity contribution in [2.75, 3.05) is 11.4 Å². The molecule has 3 aromatic rings. The number of amides is 1. The van der Waals surface area contributed by atoms with Gasteiger partial charge in [0.15, 0.2) is 5.82 Å². The predicted octanol–water partition coefficient (Wildman–Crippen LogP) is 1.82. The van der Waals surface area contributed by atoms with Crippen LogP contribution < -0.4 is 10.5 Å². The van der Waals surface area contributed by atoms with Gasteiger partial charge in [-0.2, -0.15) is 0 Å². The maximum atomic E-state index is 12.8. The van der Waals surface area contributed by atoms with Crippen LogP contribution in [0.15, 0.2) is 53.6 Å². The first-order valence-electron chi connectivity index (χ1n) is 8.01. The molecule has 0 bridgehead atoms. The van der Waals surface area contributed by atoms with Gasteiger partial charge in [0.05, 0.1) is 5.56 Å². The zero-order valence-corrected chi connectivity index (χ0v) is 13.3. The number of aromatic nitrogens is 4. The molecular formula is C18H15N5O2. The Labute approximate surface area is 143 Å². The summed E-state index contributed by atoms with van der Waals surface area (Å²) in [7, 11) is 0. The van der Waals surface area contributed by atoms with Crippen LogP contribution in [0.2, 0.25) is 0 Å². The van der Waals surface area contributed by atoms with Crippen LogP contribution >= 0.6 is 0 Å². The molecule has 0 unspecified atom stereocenters. The Hall–Kier alpha value is -3.35. The lowest BCUT2D eigenvalue weighted by Gasteiger charge is -2.27. The van der Waals surface area contributed by atoms with Crippen molar-refractivity contribution in [2.45, 2.75) is 12.8 Å². The van der Waals surface area contributed by atoms with Gasteiger partial charge < -0.3 is 4.98 Å². The SMILES string of the molecule is O=C(c1ccccn1)N1CCCc2c1nc(-c1ccccn1)[nH]c2=O. The van der Waals surface area contributed by atoms with Gasteiger partial charge in [-0.3, -0.25) is 24.5 Å². The van der Waals surface area contributed by atoms with Gasteiger partial charge in [-0.1, -0.05) is 12.1 Å². The molecule has 0 spiro atoms. The molecule has 1 aliphatic rings. The second kappa shape index (κ2) is 6.27. The molecule has 0 radical (unpaired) electrons. The van der Waals surface area contributed by atoms with E-state index in [4.69, 9.17) is 0 Å². The molecule has 0 aromatic carbocycles. The minimum Gasteiger partial charge on any atom is -0.305 e. The summed E-state index contributed by atoms with van der Waals surface area (Å²) in [5.74, 6) is 0.489. The highest BCUT2D eigenvalue weighted by Gasteiger charge is 2.28. The average Bonchev–Trinajstić information content (AvgIpc) is 2.68. The fraction of sp³-hybridized carbons (Fsp3) is 0.167. The first kappa shape index (κ1) is 15.2. The minimum absolute atomic E-state index is 0.232. The second-order valence-corrected chi connectivity index (χ2v) is 5.71. The lowest BCUT2D eigenvalue weighted by Crippen LogP contribution is -2.39. The predicted molar refractivity (Wildman–Crippen MR) is 92.3 cm³/mol. The molecule has 0 atom stereocenters. The first-order chi connectivity index (χ1) is 12.2. The second-order valence-electron chi connectivity index (χ2n) is 5.71. The number of carbonyl (C=O) groups is 1. The fourth-order valence-corrected chi connectivity index (χ4v) is 2.90. The maximum Gasteiger partial charge on any atom is 0.278 e. The Kier molecular flexibility index (Phi) is 3.81. The monoisotopic (exact) mass is 333 g/mol. The molecule has 1 aliphatic heterocycles. The Morgan fingerprint density at radius 1 is 1.08 bits per heavy atom. The summed E-state index contributed by atoms with van der Waals surface area (Å²) in [6.45, 7) is 0.501. The van der Waals surface area contributed by atoms with E-state index >= 15 is 0 Å². The number of H-pyrrole nitrogens is 1. The summed E-state index contributed by atoms with van der Waals surface area (Å²) in [5.41, 5.74) is 1.18. The number of fused-ring (bicyclic) bond motifs is 1. The molecule has 7 heteroatoms. The normalized spacial score (nSPS) is 13.4. The van der Waals surface area contributed by atoms with Crippen molar-refractivity contribution in [3.63, 3.8) is 0 Å². The largest absolute Gasteiger partial charge is 0.305 e. The van der Waals surface area contributed by atoms with Gasteiger partial charge >= 0.3 is 0 Å². The molecule has 3 aromatic heterocycles. The van der Waals surface area contributed by atoms with E-state index in [0.717, 1.165) is 0 Å². The van der Waals surface area contributed by atoms with Gasteiger partial charge in [-0.05, 0) is 37.1 Å². The minimum atomic E-state index is -0.258. The lowest BCUT2D eigenvalue weighted by molar-refractivity contribution is 0.0979. The van der Waals surface area contributed by atoms with E-state index in [1.165, 1.54) is 4.90 Å². The number of hydrogen-bond acceptors (Lipinski definition) is 5. The standard InChI is InChI=1S/C18H15N5O2/c24-17-12-6-5-11-23(18(25)14-8-2-4-10-20-14)16(12)21-15(22-17)13-7-1-3-9-19-13/h1-4,7-10H,5-6,11H2,(H,21,22,24). The molecule has 0 saturated heterocycles. The fourth-order valence-electron chi connectivity index (χ4n) is 2.90. The van der Waals surface area contributed by atoms with Gasteiger partial charge in [0.1, 0.15) is 17.2 Å². The van der Waals surface area contributed by atoms with E-state index < -0.39 is 0 Å². The highest BCUT2D eigenvalue weighted by molar-refractivity contribution is 6.04. The number of nitrogens with zero attached hydrogens (tertiary/aromatic N) is 4. The molecule has 0 fully saturated rings. The van der Waals surface area contributed by atoms with E-state index in [1.807, 2.05) is 6.07 Å². The van der Waals surface area contributed by atoms with Crippen LogP contribution in [0.1, 0.15) is 22.5 Å². The molecular weight excluding hydrogens is 318 g/mol. The first-order valence-corrected chi connectivity index (χ1v) is 8.01. The molecule has 0 aliphatic carbocycles. The Balaban J connectivity index is 1.82. The van der Waals surface area contributed by atoms with Crippen LogP contribution in [0.4, 0.5) is 5.82 Å². The van der Waals surface area contributed by atoms with Crippen molar-refractivity contribution < 1.29 is 4.79 Å². The number of pyridine rings is 2. The molecule has 0 saturated carbocycles. The van der Waals surface area contributed by atoms with E-state index in [9.17, 15) is 9.59 Å². The molecule has 1 N–H and O–H groups in total. The topological polar surface area (TPSA) is 91.8 Å². The van der Waals surface area contributed by atoms with E-state index in [2.05, 4.69) is 19.9 Å². The number of carbonyl (C=O) groups excluding carboxylic acids is 1. The molecule has 7 nitrogen and oxygen atoms in total. The molecule has 4 heterocycles. The van der Waals surface area contributed by atoms with E-state index in [-0.39, 0.29) is 11.5 Å². The maximum absolute atomic E-state index is 12.8. The molecule has 4 rings (SSSR count). The molecule has 25 heavy (non-hydrogen) atoms. The van der Waals surface area contributed by atoms with Gasteiger partial charge in [0, 0.05) is 18.9 Å². The zero-order valence-electron chi connectivity index (χ0n) is 13.3. The highest BCUT2D eigenvalue weighted by Crippen LogP contribution is 2.25. The lowest BCUT2D eigenvalue weighted by atomic mass is 10.1. The number of nitrogens with one attached hydrogen (secondary N) is 1. The average molecular weight is 333 g/mol. The van der Waals surface area contributed by atoms with Crippen molar-refractivity contribution in [2.24, 2.45) is 0 Å². The van der Waals surface area contributed by atoms with Crippen LogP contribution in [-0.2, 0) is 6.42 Å². The molecule has 1 amide bonds. The van der Waals surface area contributed by atoms with Crippen LogP contribution in [-0.4, -0.2) is 32.4 Å². The highest BCUT2D eigenvalue weighted by atomic mass is 16.2. The number of aromatic amines is 1. The number of hydrogen-bond donors (Lipinski definition) is 1. The quantitative estimate of drug-likeness (QED) is 0.772. The third kappa shape index (κ3) is 2.80. The Morgan fingerprint density at radius 2 is 1.88 bits per heavy atom. The summed E-state index contributed by atoms with van der Waals surface area (Å²) in [4.78, 5) is 42.5. The summed E-state index contributed by atoms with van der Waals surface area (Å²) in [6.07, 6.45) is 4.50. The van der Waals surface area contributed by atoms with Crippen molar-refractivity contribution in [1.82, 2.24) is 19.9 Å². The van der Waals surface area contributed by atoms with E-state index in [1.54, 1.807) is 42.7 Å². The Bertz CT molecular complexity index is 970. The van der Waals surface area contributed by atoms with Gasteiger partial charge in [0.25, 0.3) is 11.5 Å². The third-order valence-electron chi connectivity index (χ3n) is 4.09. The molecule has 124 valence electrons. The number of anilines is 1. The van der Waals surface area contributed by atoms with Crippen LogP contribution in [0.3, 0.4) is 0 Å². The van der Waals surface area contributed by atoms with Crippen molar-refractivity contribution in [3.05, 3.63) is 70.4 Å². The summed E-state index contributed by atoms with van der Waals surface area (Å²) in [6, 6.07) is 10.5. The Morgan fingerprint density at radius 3 is 2.60 bits per heavy atom. The van der Waals surface area contributed by atoms with Crippen molar-refractivity contribution in [1.29, 1.82) is 0 Å². The van der Waals surface area contributed by atoms with Crippen molar-refractivity contribution >= 4 is 11.7 Å². The van der Waals surface area contributed by atoms with Crippen LogP contribution in [0, 0.1) is 0 Å². The third-order valence-corrected chi connectivity index (χ3v) is 4.09. The van der Waals surface area contributed by atoms with Gasteiger partial charge in [-0.25, -0.2) is 4.98 Å². The smallest absolute Gasteiger partial charge is 0.278 e. The van der Waals surface area contributed by atoms with Gasteiger partial charge in [-0.15, -0.1) is 0 Å². The zero-order chi connectivity index (χ0) is 17.2. The summed E-state index contributed by atoms with van der Waals surface area (Å²) >= 11 is 0. The van der Waals surface area contributed by atoms with Crippen LogP contribution in [0.25, 0.3) is 11.5 Å².